The first kappa shape index (κ1) is 9.21. The first-order chi connectivity index (χ1) is 6.79. The number of hydrogen-bond donors (Lipinski definition) is 1. The molecule has 2 bridgehead atoms. The molecule has 1 nitrogen and oxygen atoms in total. The van der Waals surface area contributed by atoms with Crippen molar-refractivity contribution >= 4 is 0 Å². The van der Waals surface area contributed by atoms with Crippen molar-refractivity contribution in [2.24, 2.45) is 17.3 Å². The lowest BCUT2D eigenvalue weighted by atomic mass is 9.61. The van der Waals surface area contributed by atoms with E-state index >= 15 is 0 Å². The normalized spacial score (nSPS) is 55.3. The predicted molar refractivity (Wildman–Crippen MR) is 59.2 cm³/mol. The van der Waals surface area contributed by atoms with E-state index in [1.807, 2.05) is 0 Å². The molecule has 0 aromatic rings. The highest BCUT2D eigenvalue weighted by atomic mass is 15.0. The van der Waals surface area contributed by atoms with Gasteiger partial charge in [-0.2, -0.15) is 0 Å². The maximum atomic E-state index is 3.76. The van der Waals surface area contributed by atoms with E-state index in [2.05, 4.69) is 19.3 Å². The monoisotopic (exact) mass is 193 g/mol. The van der Waals surface area contributed by atoms with Gasteiger partial charge in [-0.05, 0) is 62.8 Å². The SMILES string of the molecule is CC[C@]12CCC[C@@]1(NC)[C@@H]1CC[C@H]2C1. The zero-order valence-electron chi connectivity index (χ0n) is 9.60. The van der Waals surface area contributed by atoms with Crippen LogP contribution in [0.1, 0.15) is 51.9 Å². The second kappa shape index (κ2) is 2.75. The molecule has 0 heterocycles. The highest BCUT2D eigenvalue weighted by Crippen LogP contribution is 2.69. The quantitative estimate of drug-likeness (QED) is 0.711. The number of fused-ring (bicyclic) bond motifs is 5. The Labute approximate surface area is 87.7 Å². The molecule has 0 spiro atoms. The highest BCUT2D eigenvalue weighted by Gasteiger charge is 2.67. The van der Waals surface area contributed by atoms with Crippen molar-refractivity contribution in [3.05, 3.63) is 0 Å². The predicted octanol–water partition coefficient (Wildman–Crippen LogP) is 2.95. The lowest BCUT2D eigenvalue weighted by Crippen LogP contribution is -2.57. The Balaban J connectivity index is 2.06. The third-order valence-electron chi connectivity index (χ3n) is 6.07. The van der Waals surface area contributed by atoms with Gasteiger partial charge in [-0.25, -0.2) is 0 Å². The zero-order chi connectivity index (χ0) is 9.81. The van der Waals surface area contributed by atoms with Gasteiger partial charge >= 0.3 is 0 Å². The fourth-order valence-corrected chi connectivity index (χ4v) is 5.62. The Morgan fingerprint density at radius 1 is 1.21 bits per heavy atom. The number of rotatable bonds is 2. The molecule has 1 N–H and O–H groups in total. The Bertz CT molecular complexity index is 226. The van der Waals surface area contributed by atoms with Crippen LogP contribution in [0.2, 0.25) is 0 Å². The molecular formula is C13H23N. The topological polar surface area (TPSA) is 12.0 Å². The van der Waals surface area contributed by atoms with Crippen molar-refractivity contribution in [2.45, 2.75) is 57.4 Å². The molecule has 4 atom stereocenters. The second-order valence-corrected chi connectivity index (χ2v) is 5.79. The average Bonchev–Trinajstić information content (AvgIpc) is 2.88. The molecule has 80 valence electrons. The smallest absolute Gasteiger partial charge is 0.0265 e. The Hall–Kier alpha value is -0.0400. The van der Waals surface area contributed by atoms with Crippen LogP contribution in [0, 0.1) is 17.3 Å². The van der Waals surface area contributed by atoms with Crippen LogP contribution in [0.4, 0.5) is 0 Å². The average molecular weight is 193 g/mol. The van der Waals surface area contributed by atoms with Crippen LogP contribution in [-0.2, 0) is 0 Å². The molecule has 14 heavy (non-hydrogen) atoms. The molecule has 3 fully saturated rings. The minimum atomic E-state index is 0.560. The first-order valence-corrected chi connectivity index (χ1v) is 6.48. The fourth-order valence-electron chi connectivity index (χ4n) is 5.62. The van der Waals surface area contributed by atoms with E-state index in [1.165, 1.54) is 44.9 Å². The van der Waals surface area contributed by atoms with Crippen LogP contribution in [0.25, 0.3) is 0 Å². The third kappa shape index (κ3) is 0.743. The van der Waals surface area contributed by atoms with E-state index in [9.17, 15) is 0 Å². The van der Waals surface area contributed by atoms with E-state index in [0.29, 0.717) is 11.0 Å². The van der Waals surface area contributed by atoms with Crippen LogP contribution >= 0.6 is 0 Å². The van der Waals surface area contributed by atoms with E-state index in [4.69, 9.17) is 0 Å². The largest absolute Gasteiger partial charge is 0.313 e. The maximum Gasteiger partial charge on any atom is 0.0265 e. The van der Waals surface area contributed by atoms with Crippen molar-refractivity contribution in [1.29, 1.82) is 0 Å². The van der Waals surface area contributed by atoms with Gasteiger partial charge in [0.2, 0.25) is 0 Å². The molecule has 1 heteroatoms. The van der Waals surface area contributed by atoms with Crippen molar-refractivity contribution < 1.29 is 0 Å². The standard InChI is InChI=1S/C13H23N/c1-3-12-7-4-8-13(12,14-2)11-6-5-10(12)9-11/h10-11,14H,3-9H2,1-2H3/t10-,11+,12+,13+/m0/s1. The second-order valence-electron chi connectivity index (χ2n) is 5.79. The minimum absolute atomic E-state index is 0.560. The summed E-state index contributed by atoms with van der Waals surface area (Å²) in [6.45, 7) is 2.43. The van der Waals surface area contributed by atoms with Gasteiger partial charge in [0.25, 0.3) is 0 Å². The van der Waals surface area contributed by atoms with Gasteiger partial charge in [0.15, 0.2) is 0 Å². The molecule has 3 aliphatic rings. The molecule has 0 aromatic carbocycles. The molecule has 0 radical (unpaired) electrons. The van der Waals surface area contributed by atoms with Crippen LogP contribution in [-0.4, -0.2) is 12.6 Å². The zero-order valence-corrected chi connectivity index (χ0v) is 9.60. The molecule has 3 rings (SSSR count). The number of nitrogens with one attached hydrogen (secondary N) is 1. The molecule has 0 unspecified atom stereocenters. The molecule has 3 saturated carbocycles. The molecule has 0 amide bonds. The maximum absolute atomic E-state index is 3.76. The van der Waals surface area contributed by atoms with Gasteiger partial charge < -0.3 is 5.32 Å². The van der Waals surface area contributed by atoms with Gasteiger partial charge in [-0.1, -0.05) is 13.3 Å². The van der Waals surface area contributed by atoms with Gasteiger partial charge in [0, 0.05) is 5.54 Å². The third-order valence-corrected chi connectivity index (χ3v) is 6.07. The van der Waals surface area contributed by atoms with Crippen molar-refractivity contribution in [3.63, 3.8) is 0 Å². The summed E-state index contributed by atoms with van der Waals surface area (Å²) >= 11 is 0. The van der Waals surface area contributed by atoms with E-state index in [-0.39, 0.29) is 0 Å². The molecule has 0 aromatic heterocycles. The Morgan fingerprint density at radius 3 is 2.64 bits per heavy atom. The lowest BCUT2D eigenvalue weighted by molar-refractivity contribution is 0.0501. The summed E-state index contributed by atoms with van der Waals surface area (Å²) in [6.07, 6.45) is 10.4. The summed E-state index contributed by atoms with van der Waals surface area (Å²) in [6, 6.07) is 0. The van der Waals surface area contributed by atoms with Crippen molar-refractivity contribution in [3.8, 4) is 0 Å². The Kier molecular flexibility index (Phi) is 1.81. The summed E-state index contributed by atoms with van der Waals surface area (Å²) in [5.41, 5.74) is 1.26. The molecular weight excluding hydrogens is 170 g/mol. The minimum Gasteiger partial charge on any atom is -0.313 e. The summed E-state index contributed by atoms with van der Waals surface area (Å²) in [7, 11) is 2.22. The van der Waals surface area contributed by atoms with E-state index in [0.717, 1.165) is 11.8 Å². The van der Waals surface area contributed by atoms with Crippen LogP contribution in [0.15, 0.2) is 0 Å². The van der Waals surface area contributed by atoms with E-state index in [1.54, 1.807) is 0 Å². The fraction of sp³-hybridized carbons (Fsp3) is 1.00. The van der Waals surface area contributed by atoms with Crippen LogP contribution in [0.5, 0.6) is 0 Å². The first-order valence-electron chi connectivity index (χ1n) is 6.48. The summed E-state index contributed by atoms with van der Waals surface area (Å²) in [4.78, 5) is 0. The molecule has 0 saturated heterocycles. The lowest BCUT2D eigenvalue weighted by Gasteiger charge is -2.49. The van der Waals surface area contributed by atoms with Gasteiger partial charge in [0.1, 0.15) is 0 Å². The van der Waals surface area contributed by atoms with E-state index < -0.39 is 0 Å². The van der Waals surface area contributed by atoms with Crippen LogP contribution < -0.4 is 5.32 Å². The summed E-state index contributed by atoms with van der Waals surface area (Å²) < 4.78 is 0. The molecule has 3 aliphatic carbocycles. The Morgan fingerprint density at radius 2 is 2.00 bits per heavy atom. The summed E-state index contributed by atoms with van der Waals surface area (Å²) in [5.74, 6) is 2.08. The summed E-state index contributed by atoms with van der Waals surface area (Å²) in [5, 5.41) is 3.76. The molecule has 0 aliphatic heterocycles. The van der Waals surface area contributed by atoms with Gasteiger partial charge in [0.05, 0.1) is 0 Å². The van der Waals surface area contributed by atoms with Crippen molar-refractivity contribution in [2.75, 3.05) is 7.05 Å². The van der Waals surface area contributed by atoms with Gasteiger partial charge in [-0.15, -0.1) is 0 Å². The van der Waals surface area contributed by atoms with Gasteiger partial charge in [-0.3, -0.25) is 0 Å². The number of hydrogen-bond acceptors (Lipinski definition) is 1. The van der Waals surface area contributed by atoms with Crippen LogP contribution in [0.3, 0.4) is 0 Å². The highest BCUT2D eigenvalue weighted by molar-refractivity contribution is 5.21. The van der Waals surface area contributed by atoms with Crippen molar-refractivity contribution in [1.82, 2.24) is 5.32 Å².